The number of fused-ring (bicyclic) bond motifs is 1. The molecule has 0 radical (unpaired) electrons. The molecule has 0 aliphatic rings. The van der Waals surface area contributed by atoms with Gasteiger partial charge in [0.25, 0.3) is 0 Å². The lowest BCUT2D eigenvalue weighted by molar-refractivity contribution is 0.252. The number of anilines is 1. The van der Waals surface area contributed by atoms with Crippen LogP contribution >= 0.6 is 0 Å². The monoisotopic (exact) mass is 309 g/mol. The maximum Gasteiger partial charge on any atom is 0.320 e. The molecule has 2 amide bonds. The van der Waals surface area contributed by atoms with E-state index in [9.17, 15) is 4.79 Å². The number of urea groups is 1. The second kappa shape index (κ2) is 6.69. The van der Waals surface area contributed by atoms with Crippen LogP contribution in [0, 0.1) is 0 Å². The van der Waals surface area contributed by atoms with Gasteiger partial charge in [0.15, 0.2) is 5.65 Å². The van der Waals surface area contributed by atoms with Crippen LogP contribution in [0.3, 0.4) is 0 Å². The van der Waals surface area contributed by atoms with Crippen LogP contribution in [0.25, 0.3) is 11.2 Å². The fourth-order valence-corrected chi connectivity index (χ4v) is 1.93. The van der Waals surface area contributed by atoms with Crippen molar-refractivity contribution >= 4 is 23.0 Å². The molecule has 0 saturated carbocycles. The Morgan fingerprint density at radius 1 is 1.13 bits per heavy atom. The van der Waals surface area contributed by atoms with Gasteiger partial charge >= 0.3 is 6.03 Å². The lowest BCUT2D eigenvalue weighted by Gasteiger charge is -2.07. The van der Waals surface area contributed by atoms with Gasteiger partial charge in [0.2, 0.25) is 5.88 Å². The van der Waals surface area contributed by atoms with E-state index in [0.717, 1.165) is 0 Å². The van der Waals surface area contributed by atoms with E-state index in [2.05, 4.69) is 25.6 Å². The second-order valence-corrected chi connectivity index (χ2v) is 4.65. The summed E-state index contributed by atoms with van der Waals surface area (Å²) in [6.45, 7) is 2.38. The standard InChI is InChI=1S/C16H15N5O2/c1-2-17-16(22)20-13-9-8-12-15(19-13)21-14(10-18-12)23-11-6-4-3-5-7-11/h3-10H,2H2,1H3,(H2,17,19,20,21,22). The number of benzene rings is 1. The first-order valence-electron chi connectivity index (χ1n) is 7.16. The van der Waals surface area contributed by atoms with Crippen molar-refractivity contribution in [3.05, 3.63) is 48.7 Å². The van der Waals surface area contributed by atoms with Crippen molar-refractivity contribution in [3.8, 4) is 11.6 Å². The van der Waals surface area contributed by atoms with E-state index in [0.29, 0.717) is 35.2 Å². The lowest BCUT2D eigenvalue weighted by atomic mass is 10.3. The van der Waals surface area contributed by atoms with E-state index in [-0.39, 0.29) is 6.03 Å². The first kappa shape index (κ1) is 14.7. The van der Waals surface area contributed by atoms with Crippen molar-refractivity contribution in [2.24, 2.45) is 0 Å². The van der Waals surface area contributed by atoms with Crippen molar-refractivity contribution in [1.82, 2.24) is 20.3 Å². The van der Waals surface area contributed by atoms with Crippen LogP contribution < -0.4 is 15.4 Å². The molecule has 23 heavy (non-hydrogen) atoms. The molecule has 0 saturated heterocycles. The highest BCUT2D eigenvalue weighted by Crippen LogP contribution is 2.20. The van der Waals surface area contributed by atoms with Crippen LogP contribution in [-0.2, 0) is 0 Å². The third kappa shape index (κ3) is 3.70. The maximum atomic E-state index is 11.5. The summed E-state index contributed by atoms with van der Waals surface area (Å²) in [5.41, 5.74) is 1.01. The Morgan fingerprint density at radius 2 is 1.96 bits per heavy atom. The zero-order valence-electron chi connectivity index (χ0n) is 12.5. The normalized spacial score (nSPS) is 10.3. The predicted octanol–water partition coefficient (Wildman–Crippen LogP) is 2.96. The average Bonchev–Trinajstić information content (AvgIpc) is 2.56. The minimum atomic E-state index is -0.316. The topological polar surface area (TPSA) is 89.0 Å². The summed E-state index contributed by atoms with van der Waals surface area (Å²) < 4.78 is 5.63. The number of carbonyl (C=O) groups is 1. The number of ether oxygens (including phenoxy) is 1. The van der Waals surface area contributed by atoms with E-state index in [1.807, 2.05) is 37.3 Å². The number of nitrogens with zero attached hydrogens (tertiary/aromatic N) is 3. The van der Waals surface area contributed by atoms with Crippen molar-refractivity contribution < 1.29 is 9.53 Å². The van der Waals surface area contributed by atoms with Gasteiger partial charge in [-0.1, -0.05) is 18.2 Å². The Labute approximate surface area is 132 Å². The van der Waals surface area contributed by atoms with E-state index in [4.69, 9.17) is 4.74 Å². The molecule has 1 aromatic carbocycles. The SMILES string of the molecule is CCNC(=O)Nc1ccc2ncc(Oc3ccccc3)nc2n1. The fourth-order valence-electron chi connectivity index (χ4n) is 1.93. The number of hydrogen-bond acceptors (Lipinski definition) is 5. The summed E-state index contributed by atoms with van der Waals surface area (Å²) >= 11 is 0. The molecule has 0 aliphatic carbocycles. The fraction of sp³-hybridized carbons (Fsp3) is 0.125. The molecule has 0 fully saturated rings. The van der Waals surface area contributed by atoms with Gasteiger partial charge in [0.1, 0.15) is 17.1 Å². The van der Waals surface area contributed by atoms with Gasteiger partial charge in [0.05, 0.1) is 6.20 Å². The molecule has 116 valence electrons. The number of para-hydroxylation sites is 1. The number of nitrogens with one attached hydrogen (secondary N) is 2. The Morgan fingerprint density at radius 3 is 2.74 bits per heavy atom. The zero-order valence-corrected chi connectivity index (χ0v) is 12.5. The van der Waals surface area contributed by atoms with Crippen molar-refractivity contribution in [3.63, 3.8) is 0 Å². The van der Waals surface area contributed by atoms with Crippen LogP contribution in [0.15, 0.2) is 48.7 Å². The molecule has 2 N–H and O–H groups in total. The number of pyridine rings is 1. The van der Waals surface area contributed by atoms with Crippen molar-refractivity contribution in [1.29, 1.82) is 0 Å². The quantitative estimate of drug-likeness (QED) is 0.773. The molecule has 0 atom stereocenters. The molecule has 0 aliphatic heterocycles. The summed E-state index contributed by atoms with van der Waals surface area (Å²) in [5, 5.41) is 5.27. The first-order chi connectivity index (χ1) is 11.2. The van der Waals surface area contributed by atoms with Crippen molar-refractivity contribution in [2.75, 3.05) is 11.9 Å². The summed E-state index contributed by atoms with van der Waals surface area (Å²) in [7, 11) is 0. The number of carbonyl (C=O) groups excluding carboxylic acids is 1. The molecule has 3 aromatic rings. The van der Waals surface area contributed by atoms with E-state index >= 15 is 0 Å². The summed E-state index contributed by atoms with van der Waals surface area (Å²) in [6, 6.07) is 12.4. The highest BCUT2D eigenvalue weighted by molar-refractivity contribution is 5.89. The lowest BCUT2D eigenvalue weighted by Crippen LogP contribution is -2.28. The maximum absolute atomic E-state index is 11.5. The Balaban J connectivity index is 1.84. The predicted molar refractivity (Wildman–Crippen MR) is 86.5 cm³/mol. The molecule has 7 heteroatoms. The van der Waals surface area contributed by atoms with Crippen LogP contribution in [-0.4, -0.2) is 27.5 Å². The second-order valence-electron chi connectivity index (χ2n) is 4.65. The molecule has 0 unspecified atom stereocenters. The van der Waals surface area contributed by atoms with E-state index < -0.39 is 0 Å². The number of rotatable bonds is 4. The molecular formula is C16H15N5O2. The third-order valence-electron chi connectivity index (χ3n) is 2.93. The minimum Gasteiger partial charge on any atom is -0.437 e. The average molecular weight is 309 g/mol. The number of aromatic nitrogens is 3. The van der Waals surface area contributed by atoms with Gasteiger partial charge in [-0.2, -0.15) is 4.98 Å². The van der Waals surface area contributed by atoms with E-state index in [1.165, 1.54) is 6.20 Å². The Bertz CT molecular complexity index is 823. The van der Waals surface area contributed by atoms with Gasteiger partial charge in [-0.3, -0.25) is 5.32 Å². The Kier molecular flexibility index (Phi) is 4.28. The summed E-state index contributed by atoms with van der Waals surface area (Å²) in [4.78, 5) is 24.4. The van der Waals surface area contributed by atoms with Crippen LogP contribution in [0.5, 0.6) is 11.6 Å². The van der Waals surface area contributed by atoms with Gasteiger partial charge in [-0.15, -0.1) is 0 Å². The molecule has 7 nitrogen and oxygen atoms in total. The molecule has 3 rings (SSSR count). The van der Waals surface area contributed by atoms with Crippen LogP contribution in [0.2, 0.25) is 0 Å². The van der Waals surface area contributed by atoms with Gasteiger partial charge in [-0.25, -0.2) is 14.8 Å². The number of amides is 2. The van der Waals surface area contributed by atoms with E-state index in [1.54, 1.807) is 12.1 Å². The molecular weight excluding hydrogens is 294 g/mol. The summed E-state index contributed by atoms with van der Waals surface area (Å²) in [5.74, 6) is 1.40. The van der Waals surface area contributed by atoms with Crippen LogP contribution in [0.1, 0.15) is 6.92 Å². The van der Waals surface area contributed by atoms with Crippen molar-refractivity contribution in [2.45, 2.75) is 6.92 Å². The number of hydrogen-bond donors (Lipinski definition) is 2. The minimum absolute atomic E-state index is 0.316. The van der Waals surface area contributed by atoms with Gasteiger partial charge < -0.3 is 10.1 Å². The molecule has 2 heterocycles. The highest BCUT2D eigenvalue weighted by atomic mass is 16.5. The molecule has 0 spiro atoms. The van der Waals surface area contributed by atoms with Gasteiger partial charge in [-0.05, 0) is 31.2 Å². The third-order valence-corrected chi connectivity index (χ3v) is 2.93. The zero-order chi connectivity index (χ0) is 16.1. The first-order valence-corrected chi connectivity index (χ1v) is 7.16. The van der Waals surface area contributed by atoms with Crippen LogP contribution in [0.4, 0.5) is 10.6 Å². The molecule has 0 bridgehead atoms. The highest BCUT2D eigenvalue weighted by Gasteiger charge is 2.06. The molecule has 2 aromatic heterocycles. The largest absolute Gasteiger partial charge is 0.437 e. The van der Waals surface area contributed by atoms with Gasteiger partial charge in [0, 0.05) is 6.54 Å². The Hall–Kier alpha value is -3.22. The summed E-state index contributed by atoms with van der Waals surface area (Å²) in [6.07, 6.45) is 1.54. The smallest absolute Gasteiger partial charge is 0.320 e.